The Kier molecular flexibility index (Phi) is 6.86. The molecule has 0 N–H and O–H groups in total. The molecule has 3 fully saturated rings. The van der Waals surface area contributed by atoms with E-state index < -0.39 is 0 Å². The van der Waals surface area contributed by atoms with Crippen molar-refractivity contribution >= 4 is 16.9 Å². The summed E-state index contributed by atoms with van der Waals surface area (Å²) in [5.74, 6) is 1.45. The van der Waals surface area contributed by atoms with E-state index in [9.17, 15) is 4.79 Å². The molecule has 3 aliphatic rings. The first kappa shape index (κ1) is 26.6. The Labute approximate surface area is 234 Å². The highest BCUT2D eigenvalue weighted by Gasteiger charge is 2.44. The molecule has 5 nitrogen and oxygen atoms in total. The molecule has 2 bridgehead atoms. The molecular weight excluding hydrogens is 480 g/mol. The lowest BCUT2D eigenvalue weighted by atomic mass is 9.69. The smallest absolute Gasteiger partial charge is 0.227 e. The summed E-state index contributed by atoms with van der Waals surface area (Å²) in [7, 11) is 0. The van der Waals surface area contributed by atoms with Gasteiger partial charge in [0.05, 0.1) is 11.0 Å². The third-order valence-corrected chi connectivity index (χ3v) is 10.1. The summed E-state index contributed by atoms with van der Waals surface area (Å²) in [6, 6.07) is 19.7. The monoisotopic (exact) mass is 526 g/mol. The number of hydrogen-bond acceptors (Lipinski definition) is 3. The van der Waals surface area contributed by atoms with Crippen molar-refractivity contribution in [2.75, 3.05) is 19.6 Å². The maximum atomic E-state index is 13.1. The molecule has 4 heterocycles. The Morgan fingerprint density at radius 3 is 2.31 bits per heavy atom. The highest BCUT2D eigenvalue weighted by molar-refractivity contribution is 5.81. The van der Waals surface area contributed by atoms with Gasteiger partial charge in [0.1, 0.15) is 5.82 Å². The van der Waals surface area contributed by atoms with Crippen molar-refractivity contribution in [3.8, 4) is 0 Å². The summed E-state index contributed by atoms with van der Waals surface area (Å²) >= 11 is 0. The second kappa shape index (κ2) is 10.1. The largest absolute Gasteiger partial charge is 0.342 e. The number of para-hydroxylation sites is 2. The molecule has 39 heavy (non-hydrogen) atoms. The molecule has 0 unspecified atom stereocenters. The summed E-state index contributed by atoms with van der Waals surface area (Å²) in [6.45, 7) is 13.4. The minimum atomic E-state index is -0.314. The average molecular weight is 527 g/mol. The molecule has 0 saturated carbocycles. The predicted octanol–water partition coefficient (Wildman–Crippen LogP) is 6.82. The van der Waals surface area contributed by atoms with E-state index in [1.807, 2.05) is 20.8 Å². The van der Waals surface area contributed by atoms with Crippen LogP contribution in [0.2, 0.25) is 0 Å². The van der Waals surface area contributed by atoms with Gasteiger partial charge in [-0.2, -0.15) is 0 Å². The van der Waals surface area contributed by atoms with Crippen LogP contribution in [0.15, 0.2) is 48.5 Å². The first-order chi connectivity index (χ1) is 18.6. The molecular formula is C34H46N4O. The standard InChI is InChI=1S/C34H46N4O/c1-24-9-8-10-26(21-24)34(15-18-36(19-16-34)32(39)33(3,4)5)17-20-37-27-13-14-28(37)23-29(22-27)38-25(2)35-30-11-6-7-12-31(30)38/h6-12,21,27-29H,13-20,22-23H2,1-5H3/t27-,28+,29+. The molecule has 208 valence electrons. The van der Waals surface area contributed by atoms with E-state index in [-0.39, 0.29) is 10.8 Å². The second-order valence-electron chi connectivity index (χ2n) is 13.7. The van der Waals surface area contributed by atoms with Crippen molar-refractivity contribution in [3.63, 3.8) is 0 Å². The van der Waals surface area contributed by atoms with Gasteiger partial charge in [0.15, 0.2) is 0 Å². The number of benzene rings is 2. The topological polar surface area (TPSA) is 41.4 Å². The number of nitrogens with zero attached hydrogens (tertiary/aromatic N) is 4. The highest BCUT2D eigenvalue weighted by atomic mass is 16.2. The molecule has 2 aromatic carbocycles. The van der Waals surface area contributed by atoms with Crippen LogP contribution in [0.3, 0.4) is 0 Å². The van der Waals surface area contributed by atoms with E-state index in [1.165, 1.54) is 48.7 Å². The Morgan fingerprint density at radius 2 is 1.64 bits per heavy atom. The zero-order chi connectivity index (χ0) is 27.4. The lowest BCUT2D eigenvalue weighted by Crippen LogP contribution is -2.50. The van der Waals surface area contributed by atoms with E-state index in [2.05, 4.69) is 76.7 Å². The number of likely N-dealkylation sites (tertiary alicyclic amines) is 1. The number of imidazole rings is 1. The van der Waals surface area contributed by atoms with Gasteiger partial charge in [-0.15, -0.1) is 0 Å². The van der Waals surface area contributed by atoms with Crippen molar-refractivity contribution in [2.45, 2.75) is 103 Å². The van der Waals surface area contributed by atoms with Crippen molar-refractivity contribution < 1.29 is 4.79 Å². The average Bonchev–Trinajstić information content (AvgIpc) is 3.37. The summed E-state index contributed by atoms with van der Waals surface area (Å²) in [5, 5.41) is 0. The number of fused-ring (bicyclic) bond motifs is 3. The van der Waals surface area contributed by atoms with E-state index in [0.717, 1.165) is 43.8 Å². The molecule has 1 aromatic heterocycles. The third-order valence-electron chi connectivity index (χ3n) is 10.1. The van der Waals surface area contributed by atoms with Gasteiger partial charge in [-0.25, -0.2) is 4.98 Å². The van der Waals surface area contributed by atoms with Gasteiger partial charge in [-0.1, -0.05) is 62.7 Å². The summed E-state index contributed by atoms with van der Waals surface area (Å²) in [4.78, 5) is 22.9. The second-order valence-corrected chi connectivity index (χ2v) is 13.7. The van der Waals surface area contributed by atoms with Crippen LogP contribution in [-0.2, 0) is 10.2 Å². The normalized spacial score (nSPS) is 25.4. The van der Waals surface area contributed by atoms with Gasteiger partial charge in [-0.05, 0) is 88.4 Å². The van der Waals surface area contributed by atoms with Crippen LogP contribution in [0.4, 0.5) is 0 Å². The molecule has 6 rings (SSSR count). The van der Waals surface area contributed by atoms with Gasteiger partial charge >= 0.3 is 0 Å². The number of rotatable bonds is 5. The fourth-order valence-corrected chi connectivity index (χ4v) is 8.06. The molecule has 3 aromatic rings. The van der Waals surface area contributed by atoms with Crippen LogP contribution in [0, 0.1) is 19.3 Å². The molecule has 3 atom stereocenters. The van der Waals surface area contributed by atoms with Crippen molar-refractivity contribution in [2.24, 2.45) is 5.41 Å². The van der Waals surface area contributed by atoms with Crippen molar-refractivity contribution in [3.05, 3.63) is 65.5 Å². The first-order valence-corrected chi connectivity index (χ1v) is 15.2. The fourth-order valence-electron chi connectivity index (χ4n) is 8.06. The van der Waals surface area contributed by atoms with Crippen molar-refractivity contribution in [1.82, 2.24) is 19.4 Å². The molecule has 1 amide bonds. The Balaban J connectivity index is 1.19. The maximum absolute atomic E-state index is 13.1. The molecule has 0 spiro atoms. The van der Waals surface area contributed by atoms with Crippen LogP contribution in [0.5, 0.6) is 0 Å². The van der Waals surface area contributed by atoms with E-state index in [4.69, 9.17) is 4.98 Å². The molecule has 5 heteroatoms. The zero-order valence-corrected chi connectivity index (χ0v) is 24.6. The van der Waals surface area contributed by atoms with Gasteiger partial charge < -0.3 is 9.47 Å². The van der Waals surface area contributed by atoms with Gasteiger partial charge in [0, 0.05) is 36.6 Å². The minimum Gasteiger partial charge on any atom is -0.342 e. The molecule has 0 radical (unpaired) electrons. The Morgan fingerprint density at radius 1 is 0.949 bits per heavy atom. The van der Waals surface area contributed by atoms with E-state index >= 15 is 0 Å². The van der Waals surface area contributed by atoms with Crippen LogP contribution in [0.1, 0.15) is 88.7 Å². The molecule has 0 aliphatic carbocycles. The number of carbonyl (C=O) groups excluding carboxylic acids is 1. The quantitative estimate of drug-likeness (QED) is 0.366. The zero-order valence-electron chi connectivity index (χ0n) is 24.6. The lowest BCUT2D eigenvalue weighted by Gasteiger charge is -2.46. The van der Waals surface area contributed by atoms with Crippen molar-refractivity contribution in [1.29, 1.82) is 0 Å². The van der Waals surface area contributed by atoms with Crippen LogP contribution in [-0.4, -0.2) is 57.0 Å². The number of piperidine rings is 2. The number of aryl methyl sites for hydroxylation is 2. The molecule has 3 aliphatic heterocycles. The van der Waals surface area contributed by atoms with Crippen LogP contribution < -0.4 is 0 Å². The lowest BCUT2D eigenvalue weighted by molar-refractivity contribution is -0.141. The van der Waals surface area contributed by atoms with Gasteiger partial charge in [0.25, 0.3) is 0 Å². The minimum absolute atomic E-state index is 0.147. The summed E-state index contributed by atoms with van der Waals surface area (Å²) in [6.07, 6.45) is 8.38. The van der Waals surface area contributed by atoms with Gasteiger partial charge in [-0.3, -0.25) is 9.69 Å². The summed E-state index contributed by atoms with van der Waals surface area (Å²) in [5.41, 5.74) is 5.07. The Hall–Kier alpha value is -2.66. The first-order valence-electron chi connectivity index (χ1n) is 15.2. The number of carbonyl (C=O) groups is 1. The number of aromatic nitrogens is 2. The van der Waals surface area contributed by atoms with Gasteiger partial charge in [0.2, 0.25) is 5.91 Å². The maximum Gasteiger partial charge on any atom is 0.227 e. The van der Waals surface area contributed by atoms with Crippen LogP contribution in [0.25, 0.3) is 11.0 Å². The summed E-state index contributed by atoms with van der Waals surface area (Å²) < 4.78 is 2.54. The van der Waals surface area contributed by atoms with E-state index in [0.29, 0.717) is 24.0 Å². The predicted molar refractivity (Wildman–Crippen MR) is 159 cm³/mol. The SMILES string of the molecule is Cc1cccc(C2(CCN3[C@@H]4CC[C@H]3C[C@@H](n3c(C)nc5ccccc53)C4)CCN(C(=O)C(C)(C)C)CC2)c1. The number of hydrogen-bond donors (Lipinski definition) is 0. The Bertz CT molecular complexity index is 1330. The molecule has 3 saturated heterocycles. The fraction of sp³-hybridized carbons (Fsp3) is 0.588. The van der Waals surface area contributed by atoms with E-state index in [1.54, 1.807) is 0 Å². The van der Waals surface area contributed by atoms with Crippen LogP contribution >= 0.6 is 0 Å². The highest BCUT2D eigenvalue weighted by Crippen LogP contribution is 2.45. The number of amides is 1. The third kappa shape index (κ3) is 4.92.